The van der Waals surface area contributed by atoms with Crippen LogP contribution in [-0.4, -0.2) is 40.3 Å². The average Bonchev–Trinajstić information content (AvgIpc) is 3.03. The second-order valence-electron chi connectivity index (χ2n) is 8.04. The maximum absolute atomic E-state index is 14.7. The number of halogens is 4. The molecule has 0 aliphatic carbocycles. The fourth-order valence-electron chi connectivity index (χ4n) is 3.30. The molecule has 1 aliphatic rings. The number of ketones is 1. The van der Waals surface area contributed by atoms with Gasteiger partial charge in [0.2, 0.25) is 0 Å². The van der Waals surface area contributed by atoms with Gasteiger partial charge in [0.15, 0.2) is 15.6 Å². The summed E-state index contributed by atoms with van der Waals surface area (Å²) < 4.78 is 64.5. The minimum absolute atomic E-state index is 0.0518. The van der Waals surface area contributed by atoms with Gasteiger partial charge in [0.05, 0.1) is 17.0 Å². The molecule has 1 aromatic carbocycles. The normalized spacial score (nSPS) is 22.4. The first-order valence-electron chi connectivity index (χ1n) is 9.11. The maximum Gasteiger partial charge on any atom is 0.333 e. The summed E-state index contributed by atoms with van der Waals surface area (Å²) in [6, 6.07) is 3.73. The van der Waals surface area contributed by atoms with Crippen LogP contribution in [0.2, 0.25) is 5.02 Å². The first kappa shape index (κ1) is 23.3. The zero-order valence-electron chi connectivity index (χ0n) is 16.9. The number of carbonyl (C=O) groups excluding carboxylic acids is 1. The lowest BCUT2D eigenvalue weighted by Gasteiger charge is -2.38. The van der Waals surface area contributed by atoms with Crippen molar-refractivity contribution in [2.75, 3.05) is 5.75 Å². The van der Waals surface area contributed by atoms with Gasteiger partial charge in [-0.1, -0.05) is 17.7 Å². The molecule has 1 atom stereocenters. The third kappa shape index (κ3) is 4.08. The Balaban J connectivity index is 1.98. The number of hydrogen-bond acceptors (Lipinski definition) is 6. The van der Waals surface area contributed by atoms with E-state index in [0.29, 0.717) is 5.56 Å². The Hall–Kier alpha value is -2.40. The Morgan fingerprint density at radius 3 is 2.52 bits per heavy atom. The van der Waals surface area contributed by atoms with Crippen molar-refractivity contribution in [3.63, 3.8) is 0 Å². The minimum Gasteiger partial charge on any atom is -0.386 e. The third-order valence-corrected chi connectivity index (χ3v) is 8.34. The van der Waals surface area contributed by atoms with Crippen molar-refractivity contribution in [3.8, 4) is 0 Å². The van der Waals surface area contributed by atoms with Gasteiger partial charge in [0, 0.05) is 12.0 Å². The molecule has 2 aromatic rings. The largest absolute Gasteiger partial charge is 0.386 e. The Kier molecular flexibility index (Phi) is 5.72. The van der Waals surface area contributed by atoms with Gasteiger partial charge in [-0.2, -0.15) is 13.9 Å². The van der Waals surface area contributed by atoms with E-state index < -0.39 is 44.0 Å². The Bertz CT molecular complexity index is 1190. The van der Waals surface area contributed by atoms with Gasteiger partial charge in [-0.15, -0.1) is 0 Å². The predicted molar refractivity (Wildman–Crippen MR) is 110 cm³/mol. The number of aliphatic imine (C=N–C) groups is 1. The molecule has 0 radical (unpaired) electrons. The molecule has 1 aromatic heterocycles. The first-order chi connectivity index (χ1) is 14.2. The van der Waals surface area contributed by atoms with Gasteiger partial charge in [-0.3, -0.25) is 9.79 Å². The van der Waals surface area contributed by atoms with E-state index in [1.807, 2.05) is 0 Å². The molecule has 0 bridgehead atoms. The monoisotopic (exact) mass is 476 g/mol. The number of rotatable bonds is 5. The fourth-order valence-corrected chi connectivity index (χ4v) is 5.23. The van der Waals surface area contributed by atoms with Crippen LogP contribution < -0.4 is 5.73 Å². The molecule has 3 rings (SSSR count). The SMILES string of the molecule is CC1(C)C(N)=N[C@](C)(c2cc(CC(=O)c3nn(C(F)F)cc3Cl)ccc2F)CS1(=O)=O. The van der Waals surface area contributed by atoms with E-state index in [1.165, 1.54) is 32.9 Å². The lowest BCUT2D eigenvalue weighted by molar-refractivity contribution is 0.0560. The van der Waals surface area contributed by atoms with Crippen molar-refractivity contribution in [1.29, 1.82) is 0 Å². The van der Waals surface area contributed by atoms with E-state index in [9.17, 15) is 26.4 Å². The van der Waals surface area contributed by atoms with Crippen LogP contribution in [0.1, 0.15) is 48.9 Å². The van der Waals surface area contributed by atoms with Crippen LogP contribution in [0.3, 0.4) is 0 Å². The van der Waals surface area contributed by atoms with Crippen molar-refractivity contribution >= 4 is 33.1 Å². The van der Waals surface area contributed by atoms with Gasteiger partial charge in [0.25, 0.3) is 0 Å². The molecule has 0 saturated carbocycles. The summed E-state index contributed by atoms with van der Waals surface area (Å²) in [5.74, 6) is -2.00. The van der Waals surface area contributed by atoms with Crippen LogP contribution in [0.5, 0.6) is 0 Å². The average molecular weight is 477 g/mol. The van der Waals surface area contributed by atoms with Crippen molar-refractivity contribution in [2.24, 2.45) is 10.7 Å². The van der Waals surface area contributed by atoms with Crippen LogP contribution in [0.15, 0.2) is 29.4 Å². The molecule has 1 aliphatic heterocycles. The molecule has 168 valence electrons. The third-order valence-electron chi connectivity index (χ3n) is 5.36. The van der Waals surface area contributed by atoms with E-state index >= 15 is 0 Å². The Labute approximate surface area is 182 Å². The van der Waals surface area contributed by atoms with Crippen molar-refractivity contribution in [2.45, 2.75) is 44.0 Å². The number of carbonyl (C=O) groups is 1. The van der Waals surface area contributed by atoms with Crippen LogP contribution >= 0.6 is 11.6 Å². The number of hydrogen-bond donors (Lipinski definition) is 1. The topological polar surface area (TPSA) is 107 Å². The number of benzene rings is 1. The van der Waals surface area contributed by atoms with Crippen LogP contribution in [0.4, 0.5) is 13.2 Å². The minimum atomic E-state index is -3.76. The molecule has 0 spiro atoms. The molecule has 0 unspecified atom stereocenters. The second-order valence-corrected chi connectivity index (χ2v) is 11.0. The number of nitrogens with two attached hydrogens (primary N) is 1. The van der Waals surface area contributed by atoms with Crippen molar-refractivity contribution in [3.05, 3.63) is 52.1 Å². The van der Waals surface area contributed by atoms with Crippen molar-refractivity contribution < 1.29 is 26.4 Å². The zero-order chi connectivity index (χ0) is 23.4. The molecule has 2 N–H and O–H groups in total. The zero-order valence-corrected chi connectivity index (χ0v) is 18.4. The van der Waals surface area contributed by atoms with Crippen LogP contribution in [0, 0.1) is 5.82 Å². The lowest BCUT2D eigenvalue weighted by Crippen LogP contribution is -2.55. The summed E-state index contributed by atoms with van der Waals surface area (Å²) in [6.07, 6.45) is 0.517. The summed E-state index contributed by atoms with van der Waals surface area (Å²) in [5.41, 5.74) is 4.30. The second kappa shape index (κ2) is 7.63. The highest BCUT2D eigenvalue weighted by Crippen LogP contribution is 2.38. The Morgan fingerprint density at radius 1 is 1.32 bits per heavy atom. The molecular weight excluding hydrogens is 457 g/mol. The molecule has 12 heteroatoms. The van der Waals surface area contributed by atoms with E-state index in [2.05, 4.69) is 10.1 Å². The van der Waals surface area contributed by atoms with Crippen LogP contribution in [-0.2, 0) is 21.8 Å². The molecule has 0 amide bonds. The fraction of sp³-hybridized carbons (Fsp3) is 0.421. The molecular formula is C19H20ClF3N4O3S. The van der Waals surface area contributed by atoms with Gasteiger partial charge < -0.3 is 5.73 Å². The summed E-state index contributed by atoms with van der Waals surface area (Å²) in [4.78, 5) is 16.8. The van der Waals surface area contributed by atoms with Gasteiger partial charge in [0.1, 0.15) is 27.6 Å². The van der Waals surface area contributed by atoms with Gasteiger partial charge in [-0.05, 0) is 38.5 Å². The van der Waals surface area contributed by atoms with E-state index in [0.717, 1.165) is 12.3 Å². The number of alkyl halides is 2. The number of sulfone groups is 1. The highest BCUT2D eigenvalue weighted by atomic mass is 35.5. The molecule has 31 heavy (non-hydrogen) atoms. The Morgan fingerprint density at radius 2 is 1.97 bits per heavy atom. The first-order valence-corrected chi connectivity index (χ1v) is 11.1. The summed E-state index contributed by atoms with van der Waals surface area (Å²) in [6.45, 7) is 1.33. The predicted octanol–water partition coefficient (Wildman–Crippen LogP) is 3.28. The molecule has 7 nitrogen and oxygen atoms in total. The smallest absolute Gasteiger partial charge is 0.333 e. The number of nitrogens with zero attached hydrogens (tertiary/aromatic N) is 3. The van der Waals surface area contributed by atoms with Crippen molar-refractivity contribution in [1.82, 2.24) is 9.78 Å². The van der Waals surface area contributed by atoms with Crippen LogP contribution in [0.25, 0.3) is 0 Å². The summed E-state index contributed by atoms with van der Waals surface area (Å²) >= 11 is 5.83. The van der Waals surface area contributed by atoms with E-state index in [1.54, 1.807) is 0 Å². The lowest BCUT2D eigenvalue weighted by atomic mass is 9.90. The summed E-state index contributed by atoms with van der Waals surface area (Å²) in [5, 5.41) is 3.25. The molecule has 0 fully saturated rings. The standard InChI is InChI=1S/C19H20ClF3N4O3S/c1-18(2)16(24)25-19(3,9-31(18,29)30)11-6-10(4-5-13(11)21)7-14(28)15-12(20)8-27(26-15)17(22)23/h4-6,8,17H,7,9H2,1-3H3,(H2,24,25)/t19-/m0/s1. The molecule has 2 heterocycles. The van der Waals surface area contributed by atoms with E-state index in [4.69, 9.17) is 17.3 Å². The summed E-state index contributed by atoms with van der Waals surface area (Å²) in [7, 11) is -3.76. The highest BCUT2D eigenvalue weighted by Gasteiger charge is 2.49. The quantitative estimate of drug-likeness (QED) is 0.666. The maximum atomic E-state index is 14.7. The number of amidine groups is 1. The number of Topliss-reactive ketones (excluding diaryl/α,β-unsaturated/α-hetero) is 1. The highest BCUT2D eigenvalue weighted by molar-refractivity contribution is 7.93. The van der Waals surface area contributed by atoms with E-state index in [-0.39, 0.29) is 33.2 Å². The number of aromatic nitrogens is 2. The molecule has 0 saturated heterocycles. The van der Waals surface area contributed by atoms with Gasteiger partial charge >= 0.3 is 6.55 Å². The van der Waals surface area contributed by atoms with Gasteiger partial charge in [-0.25, -0.2) is 17.5 Å².